The lowest BCUT2D eigenvalue weighted by molar-refractivity contribution is 0.208. The molecule has 0 atom stereocenters. The molecule has 0 fully saturated rings. The van der Waals surface area contributed by atoms with Gasteiger partial charge in [-0.15, -0.1) is 0 Å². The van der Waals surface area contributed by atoms with E-state index in [-0.39, 0.29) is 0 Å². The maximum atomic E-state index is 8.61. The van der Waals surface area contributed by atoms with Gasteiger partial charge in [-0.1, -0.05) is 11.2 Å². The molecule has 0 aliphatic carbocycles. The van der Waals surface area contributed by atoms with Gasteiger partial charge in [-0.25, -0.2) is 0 Å². The topological polar surface area (TPSA) is 60.3 Å². The summed E-state index contributed by atoms with van der Waals surface area (Å²) in [6.07, 6.45) is 1.34. The Kier molecular flexibility index (Phi) is 6.49. The van der Waals surface area contributed by atoms with Crippen LogP contribution < -0.4 is 14.2 Å². The smallest absolute Gasteiger partial charge is 0.161 e. The molecule has 1 N–H and O–H groups in total. The number of oxime groups is 1. The van der Waals surface area contributed by atoms with E-state index >= 15 is 0 Å². The second-order valence-electron chi connectivity index (χ2n) is 5.33. The van der Waals surface area contributed by atoms with E-state index in [9.17, 15) is 0 Å². The molecule has 128 valence electrons. The summed E-state index contributed by atoms with van der Waals surface area (Å²) >= 11 is 0. The van der Waals surface area contributed by atoms with Crippen LogP contribution >= 0.6 is 0 Å². The van der Waals surface area contributed by atoms with Crippen LogP contribution in [0.4, 0.5) is 0 Å². The van der Waals surface area contributed by atoms with Gasteiger partial charge in [0.15, 0.2) is 11.5 Å². The molecule has 5 nitrogen and oxygen atoms in total. The van der Waals surface area contributed by atoms with Crippen LogP contribution in [0, 0.1) is 13.8 Å². The van der Waals surface area contributed by atoms with Gasteiger partial charge in [0.05, 0.1) is 12.8 Å². The molecule has 2 rings (SSSR count). The van der Waals surface area contributed by atoms with Crippen molar-refractivity contribution in [1.29, 1.82) is 0 Å². The fourth-order valence-corrected chi connectivity index (χ4v) is 2.17. The molecular weight excluding hydrogens is 306 g/mol. The van der Waals surface area contributed by atoms with E-state index in [1.54, 1.807) is 18.2 Å². The third kappa shape index (κ3) is 4.91. The Bertz CT molecular complexity index is 698. The summed E-state index contributed by atoms with van der Waals surface area (Å²) in [6.45, 7) is 7.40. The Morgan fingerprint density at radius 3 is 2.42 bits per heavy atom. The molecule has 0 spiro atoms. The van der Waals surface area contributed by atoms with Crippen molar-refractivity contribution in [1.82, 2.24) is 0 Å². The van der Waals surface area contributed by atoms with Gasteiger partial charge in [-0.3, -0.25) is 0 Å². The Morgan fingerprint density at radius 2 is 1.71 bits per heavy atom. The number of hydrogen-bond acceptors (Lipinski definition) is 5. The Hall–Kier alpha value is -2.69. The summed E-state index contributed by atoms with van der Waals surface area (Å²) < 4.78 is 17.0. The van der Waals surface area contributed by atoms with Crippen LogP contribution in [-0.4, -0.2) is 31.2 Å². The number of nitrogens with zero attached hydrogens (tertiary/aromatic N) is 1. The predicted molar refractivity (Wildman–Crippen MR) is 93.9 cm³/mol. The highest BCUT2D eigenvalue weighted by Gasteiger charge is 2.06. The zero-order chi connectivity index (χ0) is 17.4. The van der Waals surface area contributed by atoms with Crippen LogP contribution in [0.2, 0.25) is 0 Å². The Labute approximate surface area is 142 Å². The molecule has 24 heavy (non-hydrogen) atoms. The fourth-order valence-electron chi connectivity index (χ4n) is 2.17. The summed E-state index contributed by atoms with van der Waals surface area (Å²) in [5.74, 6) is 2.08. The minimum atomic E-state index is 0.403. The SMILES string of the molecule is CCOc1cc(C=NO)ccc1OCCOc1ccc(C)c(C)c1. The lowest BCUT2D eigenvalue weighted by atomic mass is 10.1. The van der Waals surface area contributed by atoms with Crippen molar-refractivity contribution in [2.75, 3.05) is 19.8 Å². The first-order chi connectivity index (χ1) is 11.6. The number of aryl methyl sites for hydroxylation is 2. The molecule has 2 aromatic carbocycles. The largest absolute Gasteiger partial charge is 0.490 e. The van der Waals surface area contributed by atoms with Crippen molar-refractivity contribution in [3.05, 3.63) is 53.1 Å². The molecule has 0 aromatic heterocycles. The van der Waals surface area contributed by atoms with E-state index in [2.05, 4.69) is 19.0 Å². The maximum Gasteiger partial charge on any atom is 0.161 e. The van der Waals surface area contributed by atoms with Crippen LogP contribution in [0.3, 0.4) is 0 Å². The van der Waals surface area contributed by atoms with Crippen molar-refractivity contribution in [3.63, 3.8) is 0 Å². The number of rotatable bonds is 8. The molecule has 5 heteroatoms. The first-order valence-electron chi connectivity index (χ1n) is 7.91. The fraction of sp³-hybridized carbons (Fsp3) is 0.316. The average Bonchev–Trinajstić information content (AvgIpc) is 2.57. The minimum absolute atomic E-state index is 0.403. The van der Waals surface area contributed by atoms with Gasteiger partial charge >= 0.3 is 0 Å². The molecule has 0 saturated carbocycles. The van der Waals surface area contributed by atoms with Gasteiger partial charge in [-0.05, 0) is 62.2 Å². The molecule has 0 unspecified atom stereocenters. The van der Waals surface area contributed by atoms with E-state index in [0.29, 0.717) is 31.3 Å². The highest BCUT2D eigenvalue weighted by Crippen LogP contribution is 2.28. The number of ether oxygens (including phenoxy) is 3. The minimum Gasteiger partial charge on any atom is -0.490 e. The number of hydrogen-bond donors (Lipinski definition) is 1. The van der Waals surface area contributed by atoms with Gasteiger partial charge in [-0.2, -0.15) is 0 Å². The third-order valence-electron chi connectivity index (χ3n) is 3.56. The van der Waals surface area contributed by atoms with E-state index in [0.717, 1.165) is 11.3 Å². The van der Waals surface area contributed by atoms with E-state index in [1.165, 1.54) is 17.3 Å². The normalized spacial score (nSPS) is 10.8. The zero-order valence-electron chi connectivity index (χ0n) is 14.3. The van der Waals surface area contributed by atoms with Crippen molar-refractivity contribution in [2.24, 2.45) is 5.16 Å². The van der Waals surface area contributed by atoms with Gasteiger partial charge in [0.25, 0.3) is 0 Å². The lowest BCUT2D eigenvalue weighted by Gasteiger charge is -2.13. The summed E-state index contributed by atoms with van der Waals surface area (Å²) in [6, 6.07) is 11.4. The lowest BCUT2D eigenvalue weighted by Crippen LogP contribution is -2.10. The summed E-state index contributed by atoms with van der Waals surface area (Å²) in [7, 11) is 0. The van der Waals surface area contributed by atoms with Crippen LogP contribution in [0.1, 0.15) is 23.6 Å². The molecule has 2 aromatic rings. The molecule has 0 amide bonds. The Balaban J connectivity index is 1.92. The van der Waals surface area contributed by atoms with Gasteiger partial charge in [0.2, 0.25) is 0 Å². The van der Waals surface area contributed by atoms with Gasteiger partial charge < -0.3 is 19.4 Å². The highest BCUT2D eigenvalue weighted by atomic mass is 16.5. The quantitative estimate of drug-likeness (QED) is 0.344. The molecule has 0 aliphatic rings. The van der Waals surface area contributed by atoms with E-state index in [1.807, 2.05) is 25.1 Å². The summed E-state index contributed by atoms with van der Waals surface area (Å²) in [4.78, 5) is 0. The standard InChI is InChI=1S/C19H23NO4/c1-4-22-19-12-16(13-20-21)6-8-18(19)24-10-9-23-17-7-5-14(2)15(3)11-17/h5-8,11-13,21H,4,9-10H2,1-3H3. The zero-order valence-corrected chi connectivity index (χ0v) is 14.3. The molecule has 0 heterocycles. The monoisotopic (exact) mass is 329 g/mol. The van der Waals surface area contributed by atoms with Gasteiger partial charge in [0.1, 0.15) is 19.0 Å². The van der Waals surface area contributed by atoms with Gasteiger partial charge in [0, 0.05) is 5.56 Å². The summed E-state index contributed by atoms with van der Waals surface area (Å²) in [5, 5.41) is 11.6. The number of benzene rings is 2. The second kappa shape index (κ2) is 8.82. The first kappa shape index (κ1) is 17.7. The predicted octanol–water partition coefficient (Wildman–Crippen LogP) is 3.97. The molecule has 0 bridgehead atoms. The van der Waals surface area contributed by atoms with Crippen molar-refractivity contribution in [2.45, 2.75) is 20.8 Å². The average molecular weight is 329 g/mol. The maximum absolute atomic E-state index is 8.61. The van der Waals surface area contributed by atoms with E-state index in [4.69, 9.17) is 19.4 Å². The second-order valence-corrected chi connectivity index (χ2v) is 5.33. The van der Waals surface area contributed by atoms with Crippen molar-refractivity contribution < 1.29 is 19.4 Å². The third-order valence-corrected chi connectivity index (χ3v) is 3.56. The Morgan fingerprint density at radius 1 is 0.917 bits per heavy atom. The van der Waals surface area contributed by atoms with Crippen molar-refractivity contribution in [3.8, 4) is 17.2 Å². The van der Waals surface area contributed by atoms with Crippen LogP contribution in [0.15, 0.2) is 41.6 Å². The van der Waals surface area contributed by atoms with E-state index < -0.39 is 0 Å². The molecular formula is C19H23NO4. The molecule has 0 saturated heterocycles. The molecule has 0 aliphatic heterocycles. The van der Waals surface area contributed by atoms with Crippen LogP contribution in [-0.2, 0) is 0 Å². The van der Waals surface area contributed by atoms with Crippen LogP contribution in [0.5, 0.6) is 17.2 Å². The summed E-state index contributed by atoms with van der Waals surface area (Å²) in [5.41, 5.74) is 3.18. The highest BCUT2D eigenvalue weighted by molar-refractivity contribution is 5.80. The van der Waals surface area contributed by atoms with Crippen molar-refractivity contribution >= 4 is 6.21 Å². The van der Waals surface area contributed by atoms with Crippen LogP contribution in [0.25, 0.3) is 0 Å². The first-order valence-corrected chi connectivity index (χ1v) is 7.91. The molecule has 0 radical (unpaired) electrons.